The van der Waals surface area contributed by atoms with Gasteiger partial charge in [0.1, 0.15) is 17.0 Å². The molecule has 2 aromatic heterocycles. The number of nitrogens with zero attached hydrogens (tertiary/aromatic N) is 1. The molecule has 3 heterocycles. The van der Waals surface area contributed by atoms with E-state index in [4.69, 9.17) is 14.2 Å². The molecule has 0 bridgehead atoms. The maximum absolute atomic E-state index is 14.6. The molecule has 2 aliphatic rings. The van der Waals surface area contributed by atoms with Crippen molar-refractivity contribution in [3.8, 4) is 27.3 Å². The second-order valence-corrected chi connectivity index (χ2v) is 15.0. The number of rotatable bonds is 11. The van der Waals surface area contributed by atoms with Gasteiger partial charge in [0.05, 0.1) is 25.0 Å². The molecule has 4 aromatic rings. The highest BCUT2D eigenvalue weighted by molar-refractivity contribution is 7.13. The molecule has 0 unspecified atom stereocenters. The largest absolute Gasteiger partial charge is 0.493 e. The SMILES string of the molecule is CCCNC(=O)c1ccc(-c2cc3c(cc2C(=O)Nc2ccc(CNC(=O)OC(C)(C)C)cc2C(=O)NC2CC2)-c2sccc2CCO3)c(C(=O)OC)n1. The summed E-state index contributed by atoms with van der Waals surface area (Å²) in [6.07, 6.45) is 2.48. The maximum Gasteiger partial charge on any atom is 0.407 e. The number of aromatic nitrogens is 1. The van der Waals surface area contributed by atoms with Gasteiger partial charge in [-0.25, -0.2) is 14.6 Å². The lowest BCUT2D eigenvalue weighted by Crippen LogP contribution is -2.32. The number of nitrogens with one attached hydrogen (secondary N) is 4. The van der Waals surface area contributed by atoms with E-state index in [1.165, 1.54) is 24.5 Å². The average molecular weight is 754 g/mol. The molecule has 1 fully saturated rings. The van der Waals surface area contributed by atoms with Gasteiger partial charge in [0.15, 0.2) is 5.69 Å². The van der Waals surface area contributed by atoms with Crippen LogP contribution in [0.4, 0.5) is 10.5 Å². The smallest absolute Gasteiger partial charge is 0.407 e. The first-order chi connectivity index (χ1) is 25.8. The second-order valence-electron chi connectivity index (χ2n) is 14.0. The number of carbonyl (C=O) groups excluding carboxylic acids is 5. The Morgan fingerprint density at radius 3 is 2.43 bits per heavy atom. The normalized spacial score (nSPS) is 13.3. The first-order valence-corrected chi connectivity index (χ1v) is 18.7. The molecule has 0 spiro atoms. The second kappa shape index (κ2) is 16.1. The quantitative estimate of drug-likeness (QED) is 0.125. The predicted octanol–water partition coefficient (Wildman–Crippen LogP) is 6.51. The van der Waals surface area contributed by atoms with E-state index in [0.717, 1.165) is 23.3 Å². The highest BCUT2D eigenvalue weighted by Gasteiger charge is 2.29. The van der Waals surface area contributed by atoms with Gasteiger partial charge in [-0.15, -0.1) is 11.3 Å². The highest BCUT2D eigenvalue weighted by Crippen LogP contribution is 2.43. The fraction of sp³-hybridized carbons (Fsp3) is 0.350. The third kappa shape index (κ3) is 8.88. The van der Waals surface area contributed by atoms with Crippen LogP contribution in [0.5, 0.6) is 5.75 Å². The molecular weight excluding hydrogens is 711 g/mol. The molecule has 13 nitrogen and oxygen atoms in total. The van der Waals surface area contributed by atoms with E-state index in [2.05, 4.69) is 26.3 Å². The Balaban J connectivity index is 1.42. The lowest BCUT2D eigenvalue weighted by Gasteiger charge is -2.20. The predicted molar refractivity (Wildman–Crippen MR) is 204 cm³/mol. The third-order valence-corrected chi connectivity index (χ3v) is 9.63. The number of ether oxygens (including phenoxy) is 3. The van der Waals surface area contributed by atoms with Crippen molar-refractivity contribution in [3.05, 3.63) is 87.6 Å². The van der Waals surface area contributed by atoms with Crippen LogP contribution in [0.25, 0.3) is 21.6 Å². The number of methoxy groups -OCH3 is 1. The van der Waals surface area contributed by atoms with Crippen molar-refractivity contribution in [2.75, 3.05) is 25.6 Å². The van der Waals surface area contributed by atoms with Crippen molar-refractivity contribution < 1.29 is 38.2 Å². The van der Waals surface area contributed by atoms with Gasteiger partial charge in [0, 0.05) is 52.7 Å². The van der Waals surface area contributed by atoms with Crippen LogP contribution in [0, 0.1) is 0 Å². The number of amides is 4. The molecule has 6 rings (SSSR count). The van der Waals surface area contributed by atoms with Crippen LogP contribution in [0.1, 0.15) is 99.8 Å². The van der Waals surface area contributed by atoms with Crippen LogP contribution in [0.2, 0.25) is 0 Å². The molecule has 1 aliphatic carbocycles. The van der Waals surface area contributed by atoms with Crippen molar-refractivity contribution in [3.63, 3.8) is 0 Å². The minimum atomic E-state index is -0.799. The summed E-state index contributed by atoms with van der Waals surface area (Å²) in [7, 11) is 1.21. The lowest BCUT2D eigenvalue weighted by atomic mass is 9.93. The number of esters is 1. The van der Waals surface area contributed by atoms with Gasteiger partial charge < -0.3 is 35.5 Å². The van der Waals surface area contributed by atoms with Gasteiger partial charge in [-0.3, -0.25) is 14.4 Å². The van der Waals surface area contributed by atoms with Crippen molar-refractivity contribution in [1.29, 1.82) is 0 Å². The Labute approximate surface area is 317 Å². The summed E-state index contributed by atoms with van der Waals surface area (Å²) in [6.45, 7) is 8.12. The summed E-state index contributed by atoms with van der Waals surface area (Å²) < 4.78 is 16.6. The van der Waals surface area contributed by atoms with Crippen LogP contribution < -0.4 is 26.0 Å². The molecular formula is C40H43N5O8S. The number of carbonyl (C=O) groups is 5. The third-order valence-electron chi connectivity index (χ3n) is 8.64. The summed E-state index contributed by atoms with van der Waals surface area (Å²) in [4.78, 5) is 71.9. The monoisotopic (exact) mass is 753 g/mol. The van der Waals surface area contributed by atoms with E-state index in [-0.39, 0.29) is 52.3 Å². The minimum Gasteiger partial charge on any atom is -0.493 e. The molecule has 4 N–H and O–H groups in total. The summed E-state index contributed by atoms with van der Waals surface area (Å²) in [6, 6.07) is 13.5. The van der Waals surface area contributed by atoms with Gasteiger partial charge in [0.2, 0.25) is 0 Å². The molecule has 1 aliphatic heterocycles. The molecule has 0 saturated heterocycles. The van der Waals surface area contributed by atoms with E-state index in [9.17, 15) is 24.0 Å². The zero-order valence-electron chi connectivity index (χ0n) is 30.8. The summed E-state index contributed by atoms with van der Waals surface area (Å²) in [5, 5.41) is 13.4. The van der Waals surface area contributed by atoms with E-state index < -0.39 is 29.5 Å². The first kappa shape index (κ1) is 38.0. The van der Waals surface area contributed by atoms with Crippen LogP contribution in [0.15, 0.2) is 53.9 Å². The molecule has 2 aromatic carbocycles. The summed E-state index contributed by atoms with van der Waals surface area (Å²) in [5.74, 6) is -1.69. The number of anilines is 1. The van der Waals surface area contributed by atoms with E-state index in [1.807, 2.05) is 18.4 Å². The van der Waals surface area contributed by atoms with Crippen LogP contribution >= 0.6 is 11.3 Å². The molecule has 4 amide bonds. The fourth-order valence-electron chi connectivity index (χ4n) is 5.88. The van der Waals surface area contributed by atoms with Gasteiger partial charge in [-0.05, 0) is 99.0 Å². The lowest BCUT2D eigenvalue weighted by molar-refractivity contribution is 0.0521. The van der Waals surface area contributed by atoms with Crippen molar-refractivity contribution in [1.82, 2.24) is 20.9 Å². The van der Waals surface area contributed by atoms with Crippen LogP contribution in [0.3, 0.4) is 0 Å². The number of fused-ring (bicyclic) bond motifs is 3. The Morgan fingerprint density at radius 2 is 1.70 bits per heavy atom. The van der Waals surface area contributed by atoms with Crippen molar-refractivity contribution in [2.24, 2.45) is 0 Å². The number of thiophene rings is 1. The molecule has 282 valence electrons. The number of alkyl carbamates (subject to hydrolysis) is 1. The standard InChI is InChI=1S/C40H43N5O8S/c1-6-15-41-37(48)31-12-10-25(33(44-31)38(49)51-5)26-20-32-29(34-23(13-16-52-32)14-17-54-34)19-27(26)35(46)45-30-11-7-22(21-42-39(50)53-40(2,3)4)18-28(30)36(47)43-24-8-9-24/h7,10-12,14,17-20,24H,6,8-9,13,15-16,21H2,1-5H3,(H,41,48)(H,42,50)(H,43,47)(H,45,46). The molecule has 0 radical (unpaired) electrons. The van der Waals surface area contributed by atoms with E-state index >= 15 is 0 Å². The number of pyridine rings is 1. The van der Waals surface area contributed by atoms with Gasteiger partial charge in [0.25, 0.3) is 17.7 Å². The Bertz CT molecular complexity index is 2120. The van der Waals surface area contributed by atoms with Gasteiger partial charge >= 0.3 is 12.1 Å². The van der Waals surface area contributed by atoms with E-state index in [1.54, 1.807) is 57.2 Å². The average Bonchev–Trinajstić information content (AvgIpc) is 3.88. The number of hydrogen-bond donors (Lipinski definition) is 4. The molecule has 14 heteroatoms. The Morgan fingerprint density at radius 1 is 0.907 bits per heavy atom. The zero-order chi connectivity index (χ0) is 38.6. The topological polar surface area (TPSA) is 174 Å². The fourth-order valence-corrected chi connectivity index (χ4v) is 6.85. The van der Waals surface area contributed by atoms with Gasteiger partial charge in [-0.1, -0.05) is 13.0 Å². The molecule has 0 atom stereocenters. The van der Waals surface area contributed by atoms with E-state index in [0.29, 0.717) is 48.4 Å². The number of hydrogen-bond acceptors (Lipinski definition) is 10. The zero-order valence-corrected chi connectivity index (χ0v) is 31.7. The Hall–Kier alpha value is -5.76. The van der Waals surface area contributed by atoms with Crippen LogP contribution in [-0.4, -0.2) is 66.7 Å². The van der Waals surface area contributed by atoms with Crippen molar-refractivity contribution >= 4 is 46.8 Å². The highest BCUT2D eigenvalue weighted by atomic mass is 32.1. The first-order valence-electron chi connectivity index (χ1n) is 17.8. The molecule has 1 saturated carbocycles. The summed E-state index contributed by atoms with van der Waals surface area (Å²) >= 11 is 1.53. The van der Waals surface area contributed by atoms with Crippen molar-refractivity contribution in [2.45, 2.75) is 71.6 Å². The molecule has 54 heavy (non-hydrogen) atoms. The summed E-state index contributed by atoms with van der Waals surface area (Å²) in [5.41, 5.74) is 2.73. The number of benzene rings is 2. The maximum atomic E-state index is 14.6. The minimum absolute atomic E-state index is 0.0143. The van der Waals surface area contributed by atoms with Gasteiger partial charge in [-0.2, -0.15) is 0 Å². The van der Waals surface area contributed by atoms with Crippen LogP contribution in [-0.2, 0) is 22.4 Å². The Kier molecular flexibility index (Phi) is 11.3.